The van der Waals surface area contributed by atoms with Crippen molar-refractivity contribution < 1.29 is 9.53 Å². The van der Waals surface area contributed by atoms with Gasteiger partial charge in [-0.2, -0.15) is 0 Å². The number of rotatable bonds is 4. The van der Waals surface area contributed by atoms with Gasteiger partial charge in [-0.15, -0.1) is 0 Å². The largest absolute Gasteiger partial charge is 0.468 e. The summed E-state index contributed by atoms with van der Waals surface area (Å²) in [6.07, 6.45) is 3.54. The topological polar surface area (TPSA) is 38.3 Å². The van der Waals surface area contributed by atoms with E-state index in [4.69, 9.17) is 4.74 Å². The van der Waals surface area contributed by atoms with E-state index in [2.05, 4.69) is 19.2 Å². The van der Waals surface area contributed by atoms with Gasteiger partial charge in [0.25, 0.3) is 0 Å². The maximum atomic E-state index is 12.0. The van der Waals surface area contributed by atoms with Crippen molar-refractivity contribution in [1.29, 1.82) is 0 Å². The molecule has 1 aromatic carbocycles. The standard InChI is InChI=1S/C16H23NO2/c1-16(2)11-7-10-13(16)17-14(15(18)19-3)12-8-5-4-6-9-12/h4-6,8-9,13-14,17H,7,10-11H2,1-3H3. The third kappa shape index (κ3) is 3.16. The van der Waals surface area contributed by atoms with Crippen molar-refractivity contribution in [1.82, 2.24) is 5.32 Å². The number of carbonyl (C=O) groups is 1. The SMILES string of the molecule is COC(=O)C(NC1CCCC1(C)C)c1ccccc1. The quantitative estimate of drug-likeness (QED) is 0.847. The highest BCUT2D eigenvalue weighted by Gasteiger charge is 2.37. The van der Waals surface area contributed by atoms with Crippen molar-refractivity contribution >= 4 is 5.97 Å². The highest BCUT2D eigenvalue weighted by atomic mass is 16.5. The molecule has 1 saturated carbocycles. The fraction of sp³-hybridized carbons (Fsp3) is 0.562. The van der Waals surface area contributed by atoms with Crippen LogP contribution in [0.25, 0.3) is 0 Å². The summed E-state index contributed by atoms with van der Waals surface area (Å²) in [6.45, 7) is 4.52. The van der Waals surface area contributed by atoms with E-state index in [0.29, 0.717) is 6.04 Å². The van der Waals surface area contributed by atoms with Gasteiger partial charge in [0.1, 0.15) is 6.04 Å². The van der Waals surface area contributed by atoms with Gasteiger partial charge in [0, 0.05) is 6.04 Å². The Morgan fingerprint density at radius 2 is 2.05 bits per heavy atom. The van der Waals surface area contributed by atoms with Gasteiger partial charge < -0.3 is 4.74 Å². The minimum Gasteiger partial charge on any atom is -0.468 e. The molecule has 2 rings (SSSR count). The molecule has 19 heavy (non-hydrogen) atoms. The molecule has 0 spiro atoms. The average Bonchev–Trinajstić information content (AvgIpc) is 2.75. The molecular weight excluding hydrogens is 238 g/mol. The molecule has 0 saturated heterocycles. The van der Waals surface area contributed by atoms with Crippen LogP contribution in [0.3, 0.4) is 0 Å². The van der Waals surface area contributed by atoms with Crippen molar-refractivity contribution in [2.24, 2.45) is 5.41 Å². The Kier molecular flexibility index (Phi) is 4.25. The zero-order valence-corrected chi connectivity index (χ0v) is 12.0. The fourth-order valence-corrected chi connectivity index (χ4v) is 2.90. The van der Waals surface area contributed by atoms with Crippen LogP contribution in [0.1, 0.15) is 44.7 Å². The van der Waals surface area contributed by atoms with Gasteiger partial charge in [0.15, 0.2) is 0 Å². The minimum absolute atomic E-state index is 0.214. The number of methoxy groups -OCH3 is 1. The molecule has 3 heteroatoms. The predicted octanol–water partition coefficient (Wildman–Crippen LogP) is 3.07. The normalized spacial score (nSPS) is 23.0. The first-order valence-corrected chi connectivity index (χ1v) is 6.93. The molecule has 0 heterocycles. The van der Waals surface area contributed by atoms with Crippen molar-refractivity contribution in [2.75, 3.05) is 7.11 Å². The molecule has 0 radical (unpaired) electrons. The van der Waals surface area contributed by atoms with E-state index in [1.165, 1.54) is 20.0 Å². The van der Waals surface area contributed by atoms with Crippen molar-refractivity contribution in [3.8, 4) is 0 Å². The molecule has 2 atom stereocenters. The zero-order valence-electron chi connectivity index (χ0n) is 12.0. The second kappa shape index (κ2) is 5.74. The summed E-state index contributed by atoms with van der Waals surface area (Å²) in [5, 5.41) is 3.50. The lowest BCUT2D eigenvalue weighted by atomic mass is 9.86. The van der Waals surface area contributed by atoms with Crippen LogP contribution in [0.4, 0.5) is 0 Å². The first kappa shape index (κ1) is 14.1. The number of hydrogen-bond donors (Lipinski definition) is 1. The zero-order chi connectivity index (χ0) is 13.9. The summed E-state index contributed by atoms with van der Waals surface area (Å²) in [5.74, 6) is -0.214. The van der Waals surface area contributed by atoms with Crippen LogP contribution in [0, 0.1) is 5.41 Å². The average molecular weight is 261 g/mol. The van der Waals surface area contributed by atoms with E-state index < -0.39 is 0 Å². The van der Waals surface area contributed by atoms with Crippen LogP contribution < -0.4 is 5.32 Å². The smallest absolute Gasteiger partial charge is 0.327 e. The van der Waals surface area contributed by atoms with Gasteiger partial charge in [-0.05, 0) is 23.8 Å². The lowest BCUT2D eigenvalue weighted by Gasteiger charge is -2.31. The molecule has 104 valence electrons. The molecule has 1 aromatic rings. The van der Waals surface area contributed by atoms with Gasteiger partial charge in [0.2, 0.25) is 0 Å². The van der Waals surface area contributed by atoms with Gasteiger partial charge in [0.05, 0.1) is 7.11 Å². The summed E-state index contributed by atoms with van der Waals surface area (Å²) >= 11 is 0. The Labute approximate surface area is 115 Å². The number of carbonyl (C=O) groups excluding carboxylic acids is 1. The lowest BCUT2D eigenvalue weighted by Crippen LogP contribution is -2.43. The first-order valence-electron chi connectivity index (χ1n) is 6.93. The Bertz CT molecular complexity index is 428. The van der Waals surface area contributed by atoms with Crippen molar-refractivity contribution in [3.63, 3.8) is 0 Å². The number of benzene rings is 1. The number of esters is 1. The van der Waals surface area contributed by atoms with E-state index in [1.807, 2.05) is 30.3 Å². The molecule has 0 amide bonds. The highest BCUT2D eigenvalue weighted by molar-refractivity contribution is 5.77. The van der Waals surface area contributed by atoms with Crippen LogP contribution in [-0.2, 0) is 9.53 Å². The number of hydrogen-bond acceptors (Lipinski definition) is 3. The van der Waals surface area contributed by atoms with Crippen molar-refractivity contribution in [3.05, 3.63) is 35.9 Å². The lowest BCUT2D eigenvalue weighted by molar-refractivity contribution is -0.143. The Morgan fingerprint density at radius 1 is 1.37 bits per heavy atom. The molecule has 0 bridgehead atoms. The molecule has 1 fully saturated rings. The van der Waals surface area contributed by atoms with E-state index in [0.717, 1.165) is 12.0 Å². The predicted molar refractivity (Wildman–Crippen MR) is 75.8 cm³/mol. The Balaban J connectivity index is 2.18. The molecule has 0 aliphatic heterocycles. The van der Waals surface area contributed by atoms with Crippen LogP contribution in [-0.4, -0.2) is 19.1 Å². The van der Waals surface area contributed by atoms with Crippen molar-refractivity contribution in [2.45, 2.75) is 45.2 Å². The van der Waals surface area contributed by atoms with Gasteiger partial charge in [-0.25, -0.2) is 4.79 Å². The third-order valence-electron chi connectivity index (χ3n) is 4.19. The van der Waals surface area contributed by atoms with Gasteiger partial charge >= 0.3 is 5.97 Å². The van der Waals surface area contributed by atoms with Crippen LogP contribution in [0.2, 0.25) is 0 Å². The minimum atomic E-state index is -0.367. The second-order valence-corrected chi connectivity index (χ2v) is 5.97. The highest BCUT2D eigenvalue weighted by Crippen LogP contribution is 2.38. The summed E-state index contributed by atoms with van der Waals surface area (Å²) in [5.41, 5.74) is 1.21. The molecule has 2 unspecified atom stereocenters. The number of ether oxygens (including phenoxy) is 1. The Hall–Kier alpha value is -1.35. The monoisotopic (exact) mass is 261 g/mol. The summed E-state index contributed by atoms with van der Waals surface area (Å²) in [6, 6.07) is 9.79. The summed E-state index contributed by atoms with van der Waals surface area (Å²) < 4.78 is 4.94. The van der Waals surface area contributed by atoms with Gasteiger partial charge in [-0.3, -0.25) is 5.32 Å². The maximum Gasteiger partial charge on any atom is 0.327 e. The molecule has 3 nitrogen and oxygen atoms in total. The summed E-state index contributed by atoms with van der Waals surface area (Å²) in [4.78, 5) is 12.0. The molecule has 1 N–H and O–H groups in total. The first-order chi connectivity index (χ1) is 9.04. The third-order valence-corrected chi connectivity index (χ3v) is 4.19. The maximum absolute atomic E-state index is 12.0. The van der Waals surface area contributed by atoms with Crippen LogP contribution >= 0.6 is 0 Å². The van der Waals surface area contributed by atoms with Crippen LogP contribution in [0.5, 0.6) is 0 Å². The van der Waals surface area contributed by atoms with E-state index >= 15 is 0 Å². The molecule has 1 aliphatic carbocycles. The fourth-order valence-electron chi connectivity index (χ4n) is 2.90. The Morgan fingerprint density at radius 3 is 2.58 bits per heavy atom. The van der Waals surface area contributed by atoms with E-state index in [-0.39, 0.29) is 17.4 Å². The van der Waals surface area contributed by atoms with E-state index in [1.54, 1.807) is 0 Å². The van der Waals surface area contributed by atoms with E-state index in [9.17, 15) is 4.79 Å². The molecule has 0 aromatic heterocycles. The van der Waals surface area contributed by atoms with Crippen LogP contribution in [0.15, 0.2) is 30.3 Å². The molecular formula is C16H23NO2. The summed E-state index contributed by atoms with van der Waals surface area (Å²) in [7, 11) is 1.44. The second-order valence-electron chi connectivity index (χ2n) is 5.97. The number of nitrogens with one attached hydrogen (secondary N) is 1. The molecule has 1 aliphatic rings. The van der Waals surface area contributed by atoms with Gasteiger partial charge in [-0.1, -0.05) is 50.6 Å².